The summed E-state index contributed by atoms with van der Waals surface area (Å²) in [5.41, 5.74) is 1.62. The molecular weight excluding hydrogens is 362 g/mol. The maximum absolute atomic E-state index is 13.1. The highest BCUT2D eigenvalue weighted by Gasteiger charge is 2.14. The first-order valence-electron chi connectivity index (χ1n) is 8.10. The Balaban J connectivity index is 1.84. The number of nitrogens with zero attached hydrogens (tertiary/aromatic N) is 5. The molecule has 2 aromatic carbocycles. The fourth-order valence-corrected chi connectivity index (χ4v) is 3.51. The molecule has 0 aliphatic carbocycles. The summed E-state index contributed by atoms with van der Waals surface area (Å²) in [6.07, 6.45) is 0. The number of aromatic nitrogens is 4. The van der Waals surface area contributed by atoms with Gasteiger partial charge in [-0.15, -0.1) is 0 Å². The predicted molar refractivity (Wildman–Crippen MR) is 101 cm³/mol. The van der Waals surface area contributed by atoms with Crippen molar-refractivity contribution in [3.63, 3.8) is 0 Å². The molecule has 0 saturated carbocycles. The number of nitriles is 1. The molecule has 0 saturated heterocycles. The van der Waals surface area contributed by atoms with Crippen LogP contribution in [0.2, 0.25) is 0 Å². The average Bonchev–Trinajstić information content (AvgIpc) is 3.12. The first-order chi connectivity index (χ1) is 13.2. The summed E-state index contributed by atoms with van der Waals surface area (Å²) >= 11 is 1.35. The molecule has 0 spiro atoms. The molecule has 0 fully saturated rings. The van der Waals surface area contributed by atoms with Crippen molar-refractivity contribution in [3.8, 4) is 11.8 Å². The van der Waals surface area contributed by atoms with Crippen LogP contribution in [0.5, 0.6) is 0 Å². The van der Waals surface area contributed by atoms with Gasteiger partial charge in [0.25, 0.3) is 5.56 Å². The topological polar surface area (TPSA) is 97.6 Å². The molecule has 4 rings (SSSR count). The standard InChI is InChI=1S/C19H13N5O2S/c1-12-21-17(23-26-12)11-27-19-22-16-5-3-2-4-15(16)18(25)24(19)14-8-6-13(10-20)7-9-14/h2-9H,11H2,1H3. The van der Waals surface area contributed by atoms with E-state index in [9.17, 15) is 4.79 Å². The lowest BCUT2D eigenvalue weighted by Gasteiger charge is -2.12. The van der Waals surface area contributed by atoms with Crippen LogP contribution >= 0.6 is 11.8 Å². The Bertz CT molecular complexity index is 1220. The average molecular weight is 375 g/mol. The Labute approximate surface area is 158 Å². The van der Waals surface area contributed by atoms with Gasteiger partial charge in [0.2, 0.25) is 5.89 Å². The van der Waals surface area contributed by atoms with Crippen molar-refractivity contribution >= 4 is 22.7 Å². The van der Waals surface area contributed by atoms with Gasteiger partial charge in [0.05, 0.1) is 34.0 Å². The zero-order valence-electron chi connectivity index (χ0n) is 14.3. The Hall–Kier alpha value is -3.44. The van der Waals surface area contributed by atoms with E-state index in [1.54, 1.807) is 41.8 Å². The molecule has 0 aliphatic rings. The minimum Gasteiger partial charge on any atom is -0.340 e. The van der Waals surface area contributed by atoms with Crippen LogP contribution in [0.25, 0.3) is 16.6 Å². The summed E-state index contributed by atoms with van der Waals surface area (Å²) in [6, 6.07) is 16.1. The number of rotatable bonds is 4. The molecule has 2 heterocycles. The van der Waals surface area contributed by atoms with E-state index in [0.29, 0.717) is 44.8 Å². The van der Waals surface area contributed by atoms with Gasteiger partial charge in [-0.2, -0.15) is 10.2 Å². The van der Waals surface area contributed by atoms with Crippen molar-refractivity contribution in [2.24, 2.45) is 0 Å². The number of para-hydroxylation sites is 1. The molecule has 0 atom stereocenters. The number of thioether (sulfide) groups is 1. The van der Waals surface area contributed by atoms with Gasteiger partial charge < -0.3 is 4.52 Å². The summed E-state index contributed by atoms with van der Waals surface area (Å²) in [7, 11) is 0. The Morgan fingerprint density at radius 1 is 1.15 bits per heavy atom. The molecule has 8 heteroatoms. The van der Waals surface area contributed by atoms with Gasteiger partial charge in [0, 0.05) is 6.92 Å². The van der Waals surface area contributed by atoms with Crippen LogP contribution in [0, 0.1) is 18.3 Å². The first-order valence-corrected chi connectivity index (χ1v) is 9.08. The van der Waals surface area contributed by atoms with Crippen molar-refractivity contribution in [1.29, 1.82) is 5.26 Å². The summed E-state index contributed by atoms with van der Waals surface area (Å²) in [4.78, 5) is 22.0. The zero-order chi connectivity index (χ0) is 18.8. The predicted octanol–water partition coefficient (Wildman–Crippen LogP) is 3.24. The van der Waals surface area contributed by atoms with Crippen molar-refractivity contribution in [3.05, 3.63) is 76.2 Å². The Morgan fingerprint density at radius 3 is 2.63 bits per heavy atom. The van der Waals surface area contributed by atoms with Crippen LogP contribution in [-0.2, 0) is 5.75 Å². The number of aryl methyl sites for hydroxylation is 1. The fourth-order valence-electron chi connectivity index (χ4n) is 2.65. The molecule has 27 heavy (non-hydrogen) atoms. The van der Waals surface area contributed by atoms with Crippen LogP contribution < -0.4 is 5.56 Å². The minimum absolute atomic E-state index is 0.169. The van der Waals surface area contributed by atoms with Gasteiger partial charge in [0.15, 0.2) is 11.0 Å². The molecule has 2 aromatic heterocycles. The van der Waals surface area contributed by atoms with E-state index in [1.807, 2.05) is 18.2 Å². The quantitative estimate of drug-likeness (QED) is 0.399. The van der Waals surface area contributed by atoms with Gasteiger partial charge in [0.1, 0.15) is 0 Å². The maximum atomic E-state index is 13.1. The third-order valence-electron chi connectivity index (χ3n) is 3.90. The van der Waals surface area contributed by atoms with Crippen molar-refractivity contribution in [2.45, 2.75) is 17.8 Å². The number of hydrogen-bond acceptors (Lipinski definition) is 7. The molecule has 0 N–H and O–H groups in total. The second-order valence-corrected chi connectivity index (χ2v) is 6.67. The minimum atomic E-state index is -0.169. The molecule has 0 unspecified atom stereocenters. The molecule has 0 amide bonds. The van der Waals surface area contributed by atoms with Gasteiger partial charge in [-0.3, -0.25) is 9.36 Å². The van der Waals surface area contributed by atoms with E-state index in [4.69, 9.17) is 9.78 Å². The lowest BCUT2D eigenvalue weighted by molar-refractivity contribution is 0.389. The number of benzene rings is 2. The van der Waals surface area contributed by atoms with Crippen LogP contribution in [0.4, 0.5) is 0 Å². The van der Waals surface area contributed by atoms with Crippen LogP contribution in [0.3, 0.4) is 0 Å². The van der Waals surface area contributed by atoms with E-state index in [2.05, 4.69) is 21.2 Å². The van der Waals surface area contributed by atoms with E-state index in [0.717, 1.165) is 0 Å². The molecule has 0 bridgehead atoms. The van der Waals surface area contributed by atoms with Crippen LogP contribution in [0.1, 0.15) is 17.3 Å². The maximum Gasteiger partial charge on any atom is 0.266 e. The summed E-state index contributed by atoms with van der Waals surface area (Å²) in [6.45, 7) is 1.72. The molecule has 0 aliphatic heterocycles. The summed E-state index contributed by atoms with van der Waals surface area (Å²) in [5, 5.41) is 13.9. The van der Waals surface area contributed by atoms with E-state index >= 15 is 0 Å². The second kappa shape index (κ2) is 7.05. The van der Waals surface area contributed by atoms with Gasteiger partial charge in [-0.1, -0.05) is 29.1 Å². The third-order valence-corrected chi connectivity index (χ3v) is 4.83. The lowest BCUT2D eigenvalue weighted by Crippen LogP contribution is -2.21. The van der Waals surface area contributed by atoms with Crippen LogP contribution in [0.15, 0.2) is 63.0 Å². The molecule has 7 nitrogen and oxygen atoms in total. The second-order valence-electron chi connectivity index (χ2n) is 5.73. The third kappa shape index (κ3) is 3.32. The monoisotopic (exact) mass is 375 g/mol. The fraction of sp³-hybridized carbons (Fsp3) is 0.105. The molecular formula is C19H13N5O2S. The SMILES string of the molecule is Cc1nc(CSc2nc3ccccc3c(=O)n2-c2ccc(C#N)cc2)no1. The first kappa shape index (κ1) is 17.0. The highest BCUT2D eigenvalue weighted by atomic mass is 32.2. The zero-order valence-corrected chi connectivity index (χ0v) is 15.1. The lowest BCUT2D eigenvalue weighted by atomic mass is 10.2. The molecule has 0 radical (unpaired) electrons. The van der Waals surface area contributed by atoms with Gasteiger partial charge in [-0.05, 0) is 36.4 Å². The molecule has 132 valence electrons. The van der Waals surface area contributed by atoms with Crippen LogP contribution in [-0.4, -0.2) is 19.7 Å². The smallest absolute Gasteiger partial charge is 0.266 e. The summed E-state index contributed by atoms with van der Waals surface area (Å²) in [5.74, 6) is 1.44. The highest BCUT2D eigenvalue weighted by Crippen LogP contribution is 2.24. The number of fused-ring (bicyclic) bond motifs is 1. The number of hydrogen-bond donors (Lipinski definition) is 0. The Kier molecular flexibility index (Phi) is 4.44. The highest BCUT2D eigenvalue weighted by molar-refractivity contribution is 7.98. The van der Waals surface area contributed by atoms with Gasteiger partial charge in [-0.25, -0.2) is 4.98 Å². The van der Waals surface area contributed by atoms with Crippen molar-refractivity contribution in [2.75, 3.05) is 0 Å². The van der Waals surface area contributed by atoms with Crippen molar-refractivity contribution < 1.29 is 4.52 Å². The van der Waals surface area contributed by atoms with Gasteiger partial charge >= 0.3 is 0 Å². The van der Waals surface area contributed by atoms with E-state index < -0.39 is 0 Å². The normalized spacial score (nSPS) is 10.8. The Morgan fingerprint density at radius 2 is 1.93 bits per heavy atom. The summed E-state index contributed by atoms with van der Waals surface area (Å²) < 4.78 is 6.54. The van der Waals surface area contributed by atoms with E-state index in [-0.39, 0.29) is 5.56 Å². The molecule has 4 aromatic rings. The van der Waals surface area contributed by atoms with Crippen molar-refractivity contribution in [1.82, 2.24) is 19.7 Å². The largest absolute Gasteiger partial charge is 0.340 e. The van der Waals surface area contributed by atoms with E-state index in [1.165, 1.54) is 11.8 Å².